The molecule has 0 radical (unpaired) electrons. The van der Waals surface area contributed by atoms with Crippen LogP contribution in [0.5, 0.6) is 5.75 Å². The van der Waals surface area contributed by atoms with Crippen LogP contribution in [0.25, 0.3) is 5.57 Å². The molecule has 1 aliphatic carbocycles. The van der Waals surface area contributed by atoms with Gasteiger partial charge in [0.25, 0.3) is 0 Å². The molecule has 1 aromatic rings. The quantitative estimate of drug-likeness (QED) is 0.892. The van der Waals surface area contributed by atoms with Crippen molar-refractivity contribution in [3.63, 3.8) is 0 Å². The Morgan fingerprint density at radius 1 is 1.22 bits per heavy atom. The normalized spacial score (nSPS) is 15.0. The van der Waals surface area contributed by atoms with Gasteiger partial charge in [-0.25, -0.2) is 18.0 Å². The summed E-state index contributed by atoms with van der Waals surface area (Å²) in [5, 5.41) is 9.17. The zero-order valence-electron chi connectivity index (χ0n) is 12.6. The molecule has 0 spiro atoms. The molecule has 6 heteroatoms. The molecule has 0 fully saturated rings. The first-order valence-electron chi connectivity index (χ1n) is 6.94. The zero-order valence-corrected chi connectivity index (χ0v) is 12.6. The fourth-order valence-electron chi connectivity index (χ4n) is 2.47. The molecule has 1 aliphatic rings. The molecule has 2 rings (SSSR count). The molecule has 0 atom stereocenters. The molecule has 0 saturated carbocycles. The molecule has 0 aliphatic heterocycles. The molecule has 0 amide bonds. The van der Waals surface area contributed by atoms with Crippen molar-refractivity contribution in [3.8, 4) is 5.75 Å². The van der Waals surface area contributed by atoms with E-state index in [0.29, 0.717) is 12.0 Å². The number of carboxylic acids is 1. The Balaban J connectivity index is 2.60. The van der Waals surface area contributed by atoms with Crippen molar-refractivity contribution in [1.29, 1.82) is 0 Å². The minimum Gasteiger partial charge on any atom is -0.497 e. The molecule has 0 aromatic heterocycles. The second-order valence-corrected chi connectivity index (χ2v) is 4.98. The molecular formula is C17H15F3O3. The summed E-state index contributed by atoms with van der Waals surface area (Å²) in [6.07, 6.45) is 2.17. The van der Waals surface area contributed by atoms with Gasteiger partial charge in [0.05, 0.1) is 18.2 Å². The highest BCUT2D eigenvalue weighted by Gasteiger charge is 2.24. The van der Waals surface area contributed by atoms with Gasteiger partial charge >= 0.3 is 5.97 Å². The smallest absolute Gasteiger partial charge is 0.335 e. The van der Waals surface area contributed by atoms with Crippen LogP contribution in [0.2, 0.25) is 0 Å². The summed E-state index contributed by atoms with van der Waals surface area (Å²) in [4.78, 5) is 11.2. The number of ether oxygens (including phenoxy) is 1. The predicted molar refractivity (Wildman–Crippen MR) is 79.6 cm³/mol. The van der Waals surface area contributed by atoms with Crippen LogP contribution in [0, 0.1) is 11.6 Å². The third-order valence-corrected chi connectivity index (χ3v) is 3.67. The van der Waals surface area contributed by atoms with Gasteiger partial charge in [0.15, 0.2) is 0 Å². The number of carboxylic acid groups (broad SMARTS) is 1. The van der Waals surface area contributed by atoms with E-state index in [9.17, 15) is 23.1 Å². The highest BCUT2D eigenvalue weighted by atomic mass is 19.1. The summed E-state index contributed by atoms with van der Waals surface area (Å²) in [6.45, 7) is 1.70. The fourth-order valence-corrected chi connectivity index (χ4v) is 2.47. The highest BCUT2D eigenvalue weighted by molar-refractivity contribution is 5.92. The molecule has 122 valence electrons. The number of methoxy groups -OCH3 is 1. The maximum Gasteiger partial charge on any atom is 0.335 e. The van der Waals surface area contributed by atoms with Crippen LogP contribution in [-0.2, 0) is 4.79 Å². The van der Waals surface area contributed by atoms with E-state index in [1.165, 1.54) is 7.11 Å². The van der Waals surface area contributed by atoms with Crippen LogP contribution in [0.4, 0.5) is 13.2 Å². The number of hydrogen-bond acceptors (Lipinski definition) is 2. The van der Waals surface area contributed by atoms with Crippen molar-refractivity contribution in [2.45, 2.75) is 19.8 Å². The van der Waals surface area contributed by atoms with Gasteiger partial charge in [-0.3, -0.25) is 0 Å². The lowest BCUT2D eigenvalue weighted by Crippen LogP contribution is -2.03. The lowest BCUT2D eigenvalue weighted by atomic mass is 9.94. The minimum atomic E-state index is -1.21. The second kappa shape index (κ2) is 6.73. The number of halogens is 3. The summed E-state index contributed by atoms with van der Waals surface area (Å²) in [6, 6.07) is 1.92. The number of benzene rings is 1. The molecule has 23 heavy (non-hydrogen) atoms. The lowest BCUT2D eigenvalue weighted by Gasteiger charge is -2.13. The van der Waals surface area contributed by atoms with E-state index in [0.717, 1.165) is 24.3 Å². The van der Waals surface area contributed by atoms with Crippen LogP contribution in [-0.4, -0.2) is 18.2 Å². The van der Waals surface area contributed by atoms with Crippen molar-refractivity contribution < 1.29 is 27.8 Å². The summed E-state index contributed by atoms with van der Waals surface area (Å²) < 4.78 is 47.5. The van der Waals surface area contributed by atoms with Crippen molar-refractivity contribution in [1.82, 2.24) is 0 Å². The van der Waals surface area contributed by atoms with Crippen LogP contribution in [0.15, 0.2) is 41.3 Å². The molecule has 3 nitrogen and oxygen atoms in total. The SMILES string of the molecule is CCC1=C(C(=O)O)C=CC(F)=C(c2c(F)cc(OC)cc2F)C1. The maximum atomic E-state index is 14.3. The van der Waals surface area contributed by atoms with Gasteiger partial charge in [-0.2, -0.15) is 0 Å². The van der Waals surface area contributed by atoms with Gasteiger partial charge in [-0.1, -0.05) is 12.5 Å². The standard InChI is InChI=1S/C17H15F3O3/c1-3-9-6-12(13(18)5-4-11(9)17(21)22)16-14(19)7-10(23-2)8-15(16)20/h4-5,7-8H,3,6H2,1-2H3,(H,21,22). The molecular weight excluding hydrogens is 309 g/mol. The van der Waals surface area contributed by atoms with E-state index in [4.69, 9.17) is 4.74 Å². The van der Waals surface area contributed by atoms with Crippen LogP contribution in [0.1, 0.15) is 25.3 Å². The molecule has 0 heterocycles. The fraction of sp³-hybridized carbons (Fsp3) is 0.235. The summed E-state index contributed by atoms with van der Waals surface area (Å²) >= 11 is 0. The molecule has 1 aromatic carbocycles. The number of carbonyl (C=O) groups is 1. The first kappa shape index (κ1) is 16.9. The van der Waals surface area contributed by atoms with Crippen LogP contribution in [0.3, 0.4) is 0 Å². The van der Waals surface area contributed by atoms with E-state index in [2.05, 4.69) is 0 Å². The van der Waals surface area contributed by atoms with Gasteiger partial charge in [-0.05, 0) is 25.0 Å². The third kappa shape index (κ3) is 3.31. The minimum absolute atomic E-state index is 0.0218. The Kier molecular flexibility index (Phi) is 4.93. The van der Waals surface area contributed by atoms with Gasteiger partial charge < -0.3 is 9.84 Å². The number of allylic oxidation sites excluding steroid dienone is 4. The Morgan fingerprint density at radius 3 is 2.30 bits per heavy atom. The Bertz CT molecular complexity index is 722. The largest absolute Gasteiger partial charge is 0.497 e. The lowest BCUT2D eigenvalue weighted by molar-refractivity contribution is -0.132. The average Bonchev–Trinajstić information content (AvgIpc) is 2.66. The van der Waals surface area contributed by atoms with Gasteiger partial charge in [0.2, 0.25) is 0 Å². The average molecular weight is 324 g/mol. The van der Waals surface area contributed by atoms with E-state index in [-0.39, 0.29) is 23.3 Å². The number of hydrogen-bond donors (Lipinski definition) is 1. The Hall–Kier alpha value is -2.50. The second-order valence-electron chi connectivity index (χ2n) is 4.98. The zero-order chi connectivity index (χ0) is 17.1. The van der Waals surface area contributed by atoms with E-state index < -0.39 is 29.0 Å². The number of rotatable bonds is 4. The van der Waals surface area contributed by atoms with Crippen molar-refractivity contribution in [2.75, 3.05) is 7.11 Å². The summed E-state index contributed by atoms with van der Waals surface area (Å²) in [5.74, 6) is -4.02. The monoisotopic (exact) mass is 324 g/mol. The van der Waals surface area contributed by atoms with E-state index >= 15 is 0 Å². The van der Waals surface area contributed by atoms with Crippen molar-refractivity contribution in [3.05, 3.63) is 58.5 Å². The first-order valence-corrected chi connectivity index (χ1v) is 6.94. The van der Waals surface area contributed by atoms with Crippen LogP contribution < -0.4 is 4.74 Å². The number of aliphatic carboxylic acids is 1. The highest BCUT2D eigenvalue weighted by Crippen LogP contribution is 2.36. The van der Waals surface area contributed by atoms with Gasteiger partial charge in [0, 0.05) is 17.7 Å². The maximum absolute atomic E-state index is 14.3. The molecule has 0 unspecified atom stereocenters. The summed E-state index contributed by atoms with van der Waals surface area (Å²) in [5.41, 5.74) is -0.393. The van der Waals surface area contributed by atoms with Gasteiger partial charge in [-0.15, -0.1) is 0 Å². The Labute approximate surface area is 131 Å². The third-order valence-electron chi connectivity index (χ3n) is 3.67. The first-order chi connectivity index (χ1) is 10.9. The van der Waals surface area contributed by atoms with Gasteiger partial charge in [0.1, 0.15) is 23.2 Å². The molecule has 0 bridgehead atoms. The topological polar surface area (TPSA) is 46.5 Å². The van der Waals surface area contributed by atoms with Crippen molar-refractivity contribution >= 4 is 11.5 Å². The molecule has 0 saturated heterocycles. The van der Waals surface area contributed by atoms with Crippen LogP contribution >= 0.6 is 0 Å². The van der Waals surface area contributed by atoms with E-state index in [1.807, 2.05) is 0 Å². The Morgan fingerprint density at radius 2 is 1.83 bits per heavy atom. The predicted octanol–water partition coefficient (Wildman–Crippen LogP) is 4.41. The molecule has 1 N–H and O–H groups in total. The van der Waals surface area contributed by atoms with Crippen molar-refractivity contribution in [2.24, 2.45) is 0 Å². The van der Waals surface area contributed by atoms with E-state index in [1.54, 1.807) is 6.92 Å². The summed E-state index contributed by atoms with van der Waals surface area (Å²) in [7, 11) is 1.26.